The summed E-state index contributed by atoms with van der Waals surface area (Å²) in [7, 11) is 1.33. The molecule has 20 heavy (non-hydrogen) atoms. The third-order valence-electron chi connectivity index (χ3n) is 2.29. The Morgan fingerprint density at radius 2 is 1.60 bits per heavy atom. The van der Waals surface area contributed by atoms with Gasteiger partial charge in [0.1, 0.15) is 6.29 Å². The number of hydrazine groups is 1. The highest BCUT2D eigenvalue weighted by Gasteiger charge is 2.12. The van der Waals surface area contributed by atoms with E-state index >= 15 is 0 Å². The van der Waals surface area contributed by atoms with Gasteiger partial charge in [0.25, 0.3) is 0 Å². The Morgan fingerprint density at radius 1 is 1.15 bits per heavy atom. The summed E-state index contributed by atoms with van der Waals surface area (Å²) in [4.78, 5) is 20.0. The van der Waals surface area contributed by atoms with Crippen LogP contribution in [-0.4, -0.2) is 25.7 Å². The predicted octanol–water partition coefficient (Wildman–Crippen LogP) is 2.93. The number of rotatable bonds is 3. The molecule has 1 fully saturated rings. The van der Waals surface area contributed by atoms with Gasteiger partial charge in [-0.2, -0.15) is 8.78 Å². The van der Waals surface area contributed by atoms with Crippen LogP contribution in [-0.2, 0) is 9.59 Å². The first-order valence-corrected chi connectivity index (χ1v) is 7.05. The van der Waals surface area contributed by atoms with Crippen molar-refractivity contribution >= 4 is 12.2 Å². The first kappa shape index (κ1) is 21.3. The van der Waals surface area contributed by atoms with E-state index in [4.69, 9.17) is 0 Å². The highest BCUT2D eigenvalue weighted by Crippen LogP contribution is 2.21. The molecule has 0 aromatic rings. The van der Waals surface area contributed by atoms with Gasteiger partial charge >= 0.3 is 12.3 Å². The smallest absolute Gasteiger partial charge is 0.303 e. The van der Waals surface area contributed by atoms with Gasteiger partial charge < -0.3 is 4.79 Å². The van der Waals surface area contributed by atoms with Crippen molar-refractivity contribution in [2.24, 2.45) is 11.8 Å². The Bertz CT molecular complexity index is 241. The SMILES string of the molecule is CC(C)C.CNNC(=O)C(F)F.O=CC1CCCCC1. The van der Waals surface area contributed by atoms with E-state index in [0.717, 1.165) is 25.0 Å². The van der Waals surface area contributed by atoms with Gasteiger partial charge in [0.05, 0.1) is 0 Å². The molecule has 0 aromatic carbocycles. The first-order valence-electron chi connectivity index (χ1n) is 7.05. The molecule has 0 aliphatic heterocycles. The Labute approximate surface area is 120 Å². The topological polar surface area (TPSA) is 58.2 Å². The summed E-state index contributed by atoms with van der Waals surface area (Å²) in [5, 5.41) is 0. The van der Waals surface area contributed by atoms with Crippen LogP contribution in [0.15, 0.2) is 0 Å². The van der Waals surface area contributed by atoms with Gasteiger partial charge in [-0.05, 0) is 18.8 Å². The lowest BCUT2D eigenvalue weighted by atomic mass is 9.91. The molecular weight excluding hydrogens is 266 g/mol. The summed E-state index contributed by atoms with van der Waals surface area (Å²) < 4.78 is 22.3. The van der Waals surface area contributed by atoms with Crippen LogP contribution in [0.25, 0.3) is 0 Å². The second-order valence-corrected chi connectivity index (χ2v) is 5.31. The number of nitrogens with one attached hydrogen (secondary N) is 2. The molecule has 0 heterocycles. The summed E-state index contributed by atoms with van der Waals surface area (Å²) in [5.74, 6) is -0.0729. The normalized spacial score (nSPS) is 14.8. The van der Waals surface area contributed by atoms with Gasteiger partial charge in [-0.15, -0.1) is 0 Å². The lowest BCUT2D eigenvalue weighted by Crippen LogP contribution is -2.38. The molecule has 0 bridgehead atoms. The number of aldehydes is 1. The fraction of sp³-hybridized carbons (Fsp3) is 0.857. The molecule has 0 unspecified atom stereocenters. The van der Waals surface area contributed by atoms with Crippen LogP contribution in [0.4, 0.5) is 8.78 Å². The molecule has 1 aliphatic carbocycles. The fourth-order valence-corrected chi connectivity index (χ4v) is 1.45. The van der Waals surface area contributed by atoms with Crippen molar-refractivity contribution in [2.45, 2.75) is 59.3 Å². The van der Waals surface area contributed by atoms with E-state index in [-0.39, 0.29) is 0 Å². The van der Waals surface area contributed by atoms with E-state index in [1.807, 2.05) is 0 Å². The monoisotopic (exact) mass is 294 g/mol. The maximum absolute atomic E-state index is 11.2. The second-order valence-electron chi connectivity index (χ2n) is 5.31. The summed E-state index contributed by atoms with van der Waals surface area (Å²) in [6, 6.07) is 0. The van der Waals surface area contributed by atoms with Gasteiger partial charge in [0.15, 0.2) is 0 Å². The fourth-order valence-electron chi connectivity index (χ4n) is 1.45. The Balaban J connectivity index is 0. The van der Waals surface area contributed by atoms with E-state index in [9.17, 15) is 18.4 Å². The van der Waals surface area contributed by atoms with Crippen molar-refractivity contribution in [3.8, 4) is 0 Å². The third-order valence-corrected chi connectivity index (χ3v) is 2.29. The van der Waals surface area contributed by atoms with E-state index in [0.29, 0.717) is 5.92 Å². The van der Waals surface area contributed by atoms with E-state index in [2.05, 4.69) is 26.2 Å². The molecule has 1 amide bonds. The van der Waals surface area contributed by atoms with Crippen molar-refractivity contribution in [2.75, 3.05) is 7.05 Å². The zero-order valence-electron chi connectivity index (χ0n) is 12.9. The minimum absolute atomic E-state index is 0.406. The van der Waals surface area contributed by atoms with Crippen LogP contribution < -0.4 is 10.9 Å². The van der Waals surface area contributed by atoms with E-state index in [1.165, 1.54) is 26.3 Å². The number of carbonyl (C=O) groups is 2. The zero-order valence-corrected chi connectivity index (χ0v) is 12.9. The van der Waals surface area contributed by atoms with Crippen LogP contribution >= 0.6 is 0 Å². The molecule has 1 aliphatic rings. The average molecular weight is 294 g/mol. The molecule has 0 atom stereocenters. The van der Waals surface area contributed by atoms with E-state index in [1.54, 1.807) is 5.43 Å². The van der Waals surface area contributed by atoms with E-state index < -0.39 is 12.3 Å². The van der Waals surface area contributed by atoms with Crippen LogP contribution in [0.1, 0.15) is 52.9 Å². The van der Waals surface area contributed by atoms with Gasteiger partial charge in [0.2, 0.25) is 0 Å². The molecule has 120 valence electrons. The van der Waals surface area contributed by atoms with Crippen molar-refractivity contribution in [1.29, 1.82) is 0 Å². The highest BCUT2D eigenvalue weighted by molar-refractivity contribution is 5.78. The molecule has 0 spiro atoms. The summed E-state index contributed by atoms with van der Waals surface area (Å²) in [6.45, 7) is 6.50. The number of hydrogen-bond donors (Lipinski definition) is 2. The number of hydrogen-bond acceptors (Lipinski definition) is 3. The Hall–Kier alpha value is -1.04. The minimum atomic E-state index is -2.94. The van der Waals surface area contributed by atoms with Crippen molar-refractivity contribution in [3.05, 3.63) is 0 Å². The molecule has 0 saturated heterocycles. The lowest BCUT2D eigenvalue weighted by molar-refractivity contribution is -0.132. The molecule has 1 rings (SSSR count). The van der Waals surface area contributed by atoms with Crippen LogP contribution in [0.2, 0.25) is 0 Å². The quantitative estimate of drug-likeness (QED) is 0.621. The lowest BCUT2D eigenvalue weighted by Gasteiger charge is -2.14. The van der Waals surface area contributed by atoms with Crippen LogP contribution in [0.3, 0.4) is 0 Å². The Morgan fingerprint density at radius 3 is 1.80 bits per heavy atom. The van der Waals surface area contributed by atoms with Gasteiger partial charge in [-0.3, -0.25) is 10.2 Å². The van der Waals surface area contributed by atoms with Gasteiger partial charge in [-0.25, -0.2) is 5.43 Å². The first-order chi connectivity index (χ1) is 9.34. The average Bonchev–Trinajstić information content (AvgIpc) is 2.40. The number of alkyl halides is 2. The number of amides is 1. The molecule has 0 aromatic heterocycles. The maximum Gasteiger partial charge on any atom is 0.316 e. The van der Waals surface area contributed by atoms with Crippen molar-refractivity contribution in [1.82, 2.24) is 10.9 Å². The summed E-state index contributed by atoms with van der Waals surface area (Å²) in [6.07, 6.45) is 4.32. The Kier molecular flexibility index (Phi) is 15.3. The van der Waals surface area contributed by atoms with Crippen molar-refractivity contribution < 1.29 is 18.4 Å². The van der Waals surface area contributed by atoms with Crippen LogP contribution in [0.5, 0.6) is 0 Å². The molecule has 0 radical (unpaired) electrons. The zero-order chi connectivity index (χ0) is 16.0. The maximum atomic E-state index is 11.2. The van der Waals surface area contributed by atoms with Gasteiger partial charge in [0, 0.05) is 13.0 Å². The number of carbonyl (C=O) groups excluding carboxylic acids is 2. The summed E-state index contributed by atoms with van der Waals surface area (Å²) >= 11 is 0. The molecule has 6 heteroatoms. The summed E-state index contributed by atoms with van der Waals surface area (Å²) in [5.41, 5.74) is 3.78. The second kappa shape index (κ2) is 14.4. The van der Waals surface area contributed by atoms with Gasteiger partial charge in [-0.1, -0.05) is 40.0 Å². The number of halogens is 2. The molecule has 4 nitrogen and oxygen atoms in total. The molecule has 2 N–H and O–H groups in total. The predicted molar refractivity (Wildman–Crippen MR) is 76.4 cm³/mol. The molecular formula is C14H28F2N2O2. The third kappa shape index (κ3) is 17.0. The van der Waals surface area contributed by atoms with Crippen molar-refractivity contribution in [3.63, 3.8) is 0 Å². The largest absolute Gasteiger partial charge is 0.316 e. The highest BCUT2D eigenvalue weighted by atomic mass is 19.3. The van der Waals surface area contributed by atoms with Crippen LogP contribution in [0, 0.1) is 11.8 Å². The minimum Gasteiger partial charge on any atom is -0.303 e. The standard InChI is InChI=1S/C7H12O.C4H10.C3H6F2N2O/c8-6-7-4-2-1-3-5-7;1-4(2)3;1-6-7-3(8)2(4)5/h6-7H,1-5H2;4H,1-3H3;2,6H,1H3,(H,7,8). The molecule has 1 saturated carbocycles.